The number of pyridine rings is 1. The van der Waals surface area contributed by atoms with Gasteiger partial charge in [0.25, 0.3) is 5.91 Å². The zero-order valence-corrected chi connectivity index (χ0v) is 14.4. The number of hydrogen-bond acceptors (Lipinski definition) is 4. The molecule has 126 valence electrons. The first-order valence-corrected chi connectivity index (χ1v) is 8.48. The van der Waals surface area contributed by atoms with E-state index in [1.54, 1.807) is 36.5 Å². The Kier molecular flexibility index (Phi) is 5.56. The minimum absolute atomic E-state index is 0.207. The molecule has 1 unspecified atom stereocenters. The predicted molar refractivity (Wildman–Crippen MR) is 94.1 cm³/mol. The number of halogens is 2. The van der Waals surface area contributed by atoms with Gasteiger partial charge in [-0.05, 0) is 49.7 Å². The molecule has 0 aliphatic carbocycles. The fraction of sp³-hybridized carbons (Fsp3) is 0.294. The lowest BCUT2D eigenvalue weighted by molar-refractivity contribution is 0.0947. The number of carbonyl (C=O) groups is 1. The number of rotatable bonds is 5. The summed E-state index contributed by atoms with van der Waals surface area (Å²) in [5, 5.41) is 7.12. The normalized spacial score (nSPS) is 16.8. The average molecular weight is 366 g/mol. The topological polar surface area (TPSA) is 63.2 Å². The number of ether oxygens (including phenoxy) is 1. The molecule has 1 fully saturated rings. The quantitative estimate of drug-likeness (QED) is 0.848. The van der Waals surface area contributed by atoms with E-state index in [-0.39, 0.29) is 11.8 Å². The molecule has 5 nitrogen and oxygen atoms in total. The van der Waals surface area contributed by atoms with Crippen molar-refractivity contribution in [2.75, 3.05) is 13.1 Å². The number of hydrogen-bond donors (Lipinski definition) is 2. The van der Waals surface area contributed by atoms with Crippen LogP contribution in [0.15, 0.2) is 36.5 Å². The molecule has 3 rings (SSSR count). The van der Waals surface area contributed by atoms with Crippen LogP contribution in [-0.2, 0) is 0 Å². The molecular formula is C17H17Cl2N3O2. The molecule has 1 saturated heterocycles. The Hall–Kier alpha value is -1.82. The Labute approximate surface area is 150 Å². The highest BCUT2D eigenvalue weighted by Crippen LogP contribution is 2.32. The van der Waals surface area contributed by atoms with E-state index in [1.807, 2.05) is 0 Å². The molecule has 1 amide bonds. The van der Waals surface area contributed by atoms with Crippen molar-refractivity contribution in [1.82, 2.24) is 15.6 Å². The molecule has 0 spiro atoms. The molecule has 2 heterocycles. The lowest BCUT2D eigenvalue weighted by atomic mass is 10.2. The second kappa shape index (κ2) is 7.83. The molecule has 1 aromatic heterocycles. The van der Waals surface area contributed by atoms with Crippen LogP contribution >= 0.6 is 23.2 Å². The van der Waals surface area contributed by atoms with Crippen LogP contribution in [0.4, 0.5) is 0 Å². The van der Waals surface area contributed by atoms with Gasteiger partial charge in [-0.3, -0.25) is 4.79 Å². The third-order valence-electron chi connectivity index (χ3n) is 3.79. The Balaban J connectivity index is 1.73. The zero-order valence-electron chi connectivity index (χ0n) is 12.9. The fourth-order valence-electron chi connectivity index (χ4n) is 2.55. The van der Waals surface area contributed by atoms with Crippen molar-refractivity contribution < 1.29 is 9.53 Å². The summed E-state index contributed by atoms with van der Waals surface area (Å²) in [5.41, 5.74) is 0.363. The zero-order chi connectivity index (χ0) is 16.9. The van der Waals surface area contributed by atoms with E-state index in [1.165, 1.54) is 0 Å². The van der Waals surface area contributed by atoms with E-state index in [0.29, 0.717) is 33.9 Å². The van der Waals surface area contributed by atoms with Crippen LogP contribution in [0.1, 0.15) is 23.2 Å². The van der Waals surface area contributed by atoms with E-state index in [4.69, 9.17) is 27.9 Å². The van der Waals surface area contributed by atoms with Gasteiger partial charge in [0.2, 0.25) is 5.88 Å². The molecule has 2 N–H and O–H groups in total. The maximum absolute atomic E-state index is 12.4. The Morgan fingerprint density at radius 2 is 2.25 bits per heavy atom. The number of nitrogens with one attached hydrogen (secondary N) is 2. The van der Waals surface area contributed by atoms with E-state index < -0.39 is 0 Å². The summed E-state index contributed by atoms with van der Waals surface area (Å²) in [4.78, 5) is 16.6. The molecule has 0 radical (unpaired) electrons. The van der Waals surface area contributed by atoms with Gasteiger partial charge in [0.1, 0.15) is 11.3 Å². The lowest BCUT2D eigenvalue weighted by Gasteiger charge is -2.13. The summed E-state index contributed by atoms with van der Waals surface area (Å²) in [6.45, 7) is 1.58. The SMILES string of the molecule is O=C(NCC1CCCN1)c1cccnc1Oc1ccc(Cl)cc1Cl. The van der Waals surface area contributed by atoms with Crippen LogP contribution in [0.3, 0.4) is 0 Å². The van der Waals surface area contributed by atoms with Crippen LogP contribution in [-0.4, -0.2) is 30.0 Å². The summed E-state index contributed by atoms with van der Waals surface area (Å²) < 4.78 is 5.71. The third-order valence-corrected chi connectivity index (χ3v) is 4.32. The molecular weight excluding hydrogens is 349 g/mol. The Bertz CT molecular complexity index is 734. The van der Waals surface area contributed by atoms with Crippen molar-refractivity contribution in [2.45, 2.75) is 18.9 Å². The summed E-state index contributed by atoms with van der Waals surface area (Å²) in [6, 6.07) is 8.57. The summed E-state index contributed by atoms with van der Waals surface area (Å²) >= 11 is 12.0. The molecule has 2 aromatic rings. The van der Waals surface area contributed by atoms with Crippen molar-refractivity contribution in [1.29, 1.82) is 0 Å². The first-order chi connectivity index (χ1) is 11.6. The highest BCUT2D eigenvalue weighted by molar-refractivity contribution is 6.35. The van der Waals surface area contributed by atoms with Gasteiger partial charge in [-0.2, -0.15) is 0 Å². The van der Waals surface area contributed by atoms with Gasteiger partial charge >= 0.3 is 0 Å². The van der Waals surface area contributed by atoms with Crippen LogP contribution in [0, 0.1) is 0 Å². The second-order valence-electron chi connectivity index (χ2n) is 5.54. The molecule has 1 atom stereocenters. The van der Waals surface area contributed by atoms with Gasteiger partial charge < -0.3 is 15.4 Å². The van der Waals surface area contributed by atoms with E-state index in [9.17, 15) is 4.79 Å². The standard InChI is InChI=1S/C17H17Cl2N3O2/c18-11-5-6-15(14(19)9-11)24-17-13(4-2-8-21-17)16(23)22-10-12-3-1-7-20-12/h2,4-6,8-9,12,20H,1,3,7,10H2,(H,22,23). The summed E-state index contributed by atoms with van der Waals surface area (Å²) in [6.07, 6.45) is 3.77. The lowest BCUT2D eigenvalue weighted by Crippen LogP contribution is -2.37. The number of carbonyl (C=O) groups excluding carboxylic acids is 1. The van der Waals surface area contributed by atoms with Crippen LogP contribution in [0.2, 0.25) is 10.0 Å². The first kappa shape index (κ1) is 17.0. The minimum atomic E-state index is -0.225. The van der Waals surface area contributed by atoms with Gasteiger partial charge in [-0.25, -0.2) is 4.98 Å². The van der Waals surface area contributed by atoms with Crippen molar-refractivity contribution in [3.63, 3.8) is 0 Å². The largest absolute Gasteiger partial charge is 0.437 e. The number of aromatic nitrogens is 1. The molecule has 0 saturated carbocycles. The van der Waals surface area contributed by atoms with Gasteiger partial charge in [0.05, 0.1) is 5.02 Å². The van der Waals surface area contributed by atoms with Gasteiger partial charge in [0, 0.05) is 23.8 Å². The molecule has 24 heavy (non-hydrogen) atoms. The van der Waals surface area contributed by atoms with Gasteiger partial charge in [-0.15, -0.1) is 0 Å². The van der Waals surface area contributed by atoms with Gasteiger partial charge in [0.15, 0.2) is 0 Å². The van der Waals surface area contributed by atoms with E-state index in [0.717, 1.165) is 19.4 Å². The number of nitrogens with zero attached hydrogens (tertiary/aromatic N) is 1. The Morgan fingerprint density at radius 1 is 1.38 bits per heavy atom. The first-order valence-electron chi connectivity index (χ1n) is 7.73. The highest BCUT2D eigenvalue weighted by Gasteiger charge is 2.18. The molecule has 1 aliphatic heterocycles. The van der Waals surface area contributed by atoms with Crippen molar-refractivity contribution in [3.05, 3.63) is 52.1 Å². The smallest absolute Gasteiger partial charge is 0.256 e. The molecule has 7 heteroatoms. The monoisotopic (exact) mass is 365 g/mol. The maximum atomic E-state index is 12.4. The molecule has 1 aliphatic rings. The fourth-order valence-corrected chi connectivity index (χ4v) is 3.00. The second-order valence-corrected chi connectivity index (χ2v) is 6.38. The van der Waals surface area contributed by atoms with Crippen LogP contribution in [0.25, 0.3) is 0 Å². The molecule has 0 bridgehead atoms. The predicted octanol–water partition coefficient (Wildman–Crippen LogP) is 3.66. The van der Waals surface area contributed by atoms with Crippen LogP contribution in [0.5, 0.6) is 11.6 Å². The van der Waals surface area contributed by atoms with E-state index in [2.05, 4.69) is 15.6 Å². The van der Waals surface area contributed by atoms with E-state index >= 15 is 0 Å². The average Bonchev–Trinajstić information content (AvgIpc) is 3.09. The van der Waals surface area contributed by atoms with Crippen molar-refractivity contribution in [2.24, 2.45) is 0 Å². The molecule has 1 aromatic carbocycles. The summed E-state index contributed by atoms with van der Waals surface area (Å²) in [7, 11) is 0. The van der Waals surface area contributed by atoms with Crippen LogP contribution < -0.4 is 15.4 Å². The minimum Gasteiger partial charge on any atom is -0.437 e. The Morgan fingerprint density at radius 3 is 3.00 bits per heavy atom. The third kappa shape index (κ3) is 4.17. The van der Waals surface area contributed by atoms with Gasteiger partial charge in [-0.1, -0.05) is 23.2 Å². The maximum Gasteiger partial charge on any atom is 0.256 e. The number of amides is 1. The number of benzene rings is 1. The highest BCUT2D eigenvalue weighted by atomic mass is 35.5. The van der Waals surface area contributed by atoms with Crippen molar-refractivity contribution >= 4 is 29.1 Å². The summed E-state index contributed by atoms with van der Waals surface area (Å²) in [5.74, 6) is 0.377. The van der Waals surface area contributed by atoms with Crippen molar-refractivity contribution in [3.8, 4) is 11.6 Å².